The van der Waals surface area contributed by atoms with Gasteiger partial charge in [-0.3, -0.25) is 4.79 Å². The smallest absolute Gasteiger partial charge is 0.356 e. The number of aromatic amines is 1. The molecular formula is C20H28N3O4+. The van der Waals surface area contributed by atoms with E-state index in [9.17, 15) is 9.59 Å². The van der Waals surface area contributed by atoms with Crippen molar-refractivity contribution in [3.63, 3.8) is 0 Å². The Morgan fingerprint density at radius 1 is 1.22 bits per heavy atom. The number of anilines is 1. The zero-order chi connectivity index (χ0) is 19.6. The minimum absolute atomic E-state index is 0.122. The lowest BCUT2D eigenvalue weighted by atomic mass is 9.92. The molecular weight excluding hydrogens is 346 g/mol. The number of H-pyrrole nitrogens is 1. The topological polar surface area (TPSA) is 84.9 Å². The number of methoxy groups -OCH3 is 2. The van der Waals surface area contributed by atoms with Crippen molar-refractivity contribution < 1.29 is 24.0 Å². The Balaban J connectivity index is 1.88. The van der Waals surface area contributed by atoms with E-state index in [2.05, 4.69) is 24.1 Å². The first kappa shape index (κ1) is 19.2. The Morgan fingerprint density at radius 3 is 2.56 bits per heavy atom. The Bertz CT molecular complexity index is 835. The molecule has 0 unspecified atom stereocenters. The summed E-state index contributed by atoms with van der Waals surface area (Å²) in [4.78, 5) is 29.3. The molecule has 7 nitrogen and oxygen atoms in total. The van der Waals surface area contributed by atoms with E-state index < -0.39 is 5.97 Å². The van der Waals surface area contributed by atoms with Gasteiger partial charge < -0.3 is 24.7 Å². The average molecular weight is 374 g/mol. The number of carbonyl (C=O) groups is 2. The van der Waals surface area contributed by atoms with Gasteiger partial charge >= 0.3 is 5.97 Å². The van der Waals surface area contributed by atoms with E-state index in [0.717, 1.165) is 13.1 Å². The second-order valence-electron chi connectivity index (χ2n) is 7.58. The third-order valence-corrected chi connectivity index (χ3v) is 5.15. The van der Waals surface area contributed by atoms with Crippen molar-refractivity contribution >= 4 is 28.5 Å². The molecule has 146 valence electrons. The van der Waals surface area contributed by atoms with E-state index in [4.69, 9.17) is 9.47 Å². The van der Waals surface area contributed by atoms with Crippen molar-refractivity contribution in [3.05, 3.63) is 23.9 Å². The predicted octanol–water partition coefficient (Wildman–Crippen LogP) is 1.46. The molecule has 0 spiro atoms. The second kappa shape index (κ2) is 8.00. The molecule has 1 aromatic carbocycles. The maximum atomic E-state index is 12.8. The van der Waals surface area contributed by atoms with Gasteiger partial charge in [0.2, 0.25) is 0 Å². The largest absolute Gasteiger partial charge is 0.496 e. The summed E-state index contributed by atoms with van der Waals surface area (Å²) < 4.78 is 10.3. The molecule has 27 heavy (non-hydrogen) atoms. The minimum atomic E-state index is -0.531. The van der Waals surface area contributed by atoms with Crippen LogP contribution in [0.15, 0.2) is 18.2 Å². The van der Waals surface area contributed by atoms with Crippen LogP contribution in [-0.2, 0) is 9.53 Å². The fourth-order valence-corrected chi connectivity index (χ4v) is 4.24. The first-order valence-electron chi connectivity index (χ1n) is 9.33. The van der Waals surface area contributed by atoms with Crippen LogP contribution in [-0.4, -0.2) is 50.7 Å². The second-order valence-corrected chi connectivity index (χ2v) is 7.58. The number of aromatic nitrogens is 1. The summed E-state index contributed by atoms with van der Waals surface area (Å²) in [6.07, 6.45) is 1.21. The monoisotopic (exact) mass is 374 g/mol. The summed E-state index contributed by atoms with van der Waals surface area (Å²) in [5.74, 6) is 1.15. The van der Waals surface area contributed by atoms with Crippen molar-refractivity contribution in [2.75, 3.05) is 39.2 Å². The number of likely N-dealkylation sites (tertiary alicyclic amines) is 1. The Hall–Kier alpha value is -2.54. The number of amides is 1. The van der Waals surface area contributed by atoms with Crippen molar-refractivity contribution in [1.29, 1.82) is 0 Å². The van der Waals surface area contributed by atoms with E-state index >= 15 is 0 Å². The number of fused-ring (bicyclic) bond motifs is 1. The number of esters is 1. The molecule has 2 heterocycles. The average Bonchev–Trinajstić information content (AvgIpc) is 2.98. The van der Waals surface area contributed by atoms with Gasteiger partial charge in [-0.2, -0.15) is 0 Å². The number of ether oxygens (including phenoxy) is 2. The van der Waals surface area contributed by atoms with Crippen LogP contribution in [0.5, 0.6) is 5.75 Å². The summed E-state index contributed by atoms with van der Waals surface area (Å²) in [7, 11) is 2.88. The lowest BCUT2D eigenvalue weighted by Crippen LogP contribution is -3.15. The standard InChI is InChI=1S/C20H27N3O4/c1-12-8-13(2)10-23(9-12)11-16(24)22-18-17-14(6-5-7-15(17)26-3)21-19(18)20(25)27-4/h5-7,12-13,21H,8-11H2,1-4H3,(H,22,24)/p+1/t12-,13-/m0/s1. The first-order chi connectivity index (χ1) is 12.9. The maximum absolute atomic E-state index is 12.8. The van der Waals surface area contributed by atoms with Crippen LogP contribution in [0.4, 0.5) is 5.69 Å². The number of nitrogens with one attached hydrogen (secondary N) is 3. The van der Waals surface area contributed by atoms with E-state index in [-0.39, 0.29) is 11.6 Å². The number of rotatable bonds is 5. The highest BCUT2D eigenvalue weighted by Crippen LogP contribution is 2.35. The van der Waals surface area contributed by atoms with Crippen molar-refractivity contribution in [3.8, 4) is 5.75 Å². The lowest BCUT2D eigenvalue weighted by molar-refractivity contribution is -0.904. The number of quaternary nitrogens is 1. The van der Waals surface area contributed by atoms with Crippen molar-refractivity contribution in [1.82, 2.24) is 4.98 Å². The summed E-state index contributed by atoms with van der Waals surface area (Å²) in [6.45, 7) is 6.80. The summed E-state index contributed by atoms with van der Waals surface area (Å²) in [5, 5.41) is 3.60. The molecule has 7 heteroatoms. The minimum Gasteiger partial charge on any atom is -0.496 e. The van der Waals surface area contributed by atoms with E-state index in [0.29, 0.717) is 40.7 Å². The molecule has 2 atom stereocenters. The molecule has 1 aliphatic rings. The van der Waals surface area contributed by atoms with Crippen LogP contribution in [0.25, 0.3) is 10.9 Å². The van der Waals surface area contributed by atoms with Crippen molar-refractivity contribution in [2.45, 2.75) is 20.3 Å². The fraction of sp³-hybridized carbons (Fsp3) is 0.500. The third-order valence-electron chi connectivity index (χ3n) is 5.15. The number of benzene rings is 1. The zero-order valence-electron chi connectivity index (χ0n) is 16.3. The quantitative estimate of drug-likeness (QED) is 0.692. The summed E-state index contributed by atoms with van der Waals surface area (Å²) in [5.41, 5.74) is 1.34. The van der Waals surface area contributed by atoms with Gasteiger partial charge in [-0.15, -0.1) is 0 Å². The molecule has 3 rings (SSSR count). The molecule has 2 aromatic rings. The molecule has 1 aromatic heterocycles. The van der Waals surface area contributed by atoms with E-state index in [1.807, 2.05) is 12.1 Å². The third kappa shape index (κ3) is 4.08. The van der Waals surface area contributed by atoms with Gasteiger partial charge in [-0.05, 0) is 18.6 Å². The maximum Gasteiger partial charge on any atom is 0.356 e. The Labute approximate surface area is 159 Å². The molecule has 1 aliphatic heterocycles. The van der Waals surface area contributed by atoms with Crippen LogP contribution in [0.1, 0.15) is 30.8 Å². The molecule has 0 bridgehead atoms. The van der Waals surface area contributed by atoms with Crippen LogP contribution in [0.3, 0.4) is 0 Å². The number of piperidine rings is 1. The zero-order valence-corrected chi connectivity index (χ0v) is 16.3. The number of carbonyl (C=O) groups excluding carboxylic acids is 2. The highest BCUT2D eigenvalue weighted by atomic mass is 16.5. The van der Waals surface area contributed by atoms with Crippen LogP contribution in [0, 0.1) is 11.8 Å². The van der Waals surface area contributed by atoms with Gasteiger partial charge in [-0.1, -0.05) is 19.9 Å². The predicted molar refractivity (Wildman–Crippen MR) is 103 cm³/mol. The molecule has 0 radical (unpaired) electrons. The summed E-state index contributed by atoms with van der Waals surface area (Å²) >= 11 is 0. The first-order valence-corrected chi connectivity index (χ1v) is 9.33. The van der Waals surface area contributed by atoms with Crippen LogP contribution in [0.2, 0.25) is 0 Å². The molecule has 0 aliphatic carbocycles. The summed E-state index contributed by atoms with van der Waals surface area (Å²) in [6, 6.07) is 5.45. The normalized spacial score (nSPS) is 22.4. The number of hydrogen-bond donors (Lipinski definition) is 3. The van der Waals surface area contributed by atoms with Gasteiger partial charge in [0, 0.05) is 11.8 Å². The van der Waals surface area contributed by atoms with Gasteiger partial charge in [0.15, 0.2) is 6.54 Å². The van der Waals surface area contributed by atoms with Gasteiger partial charge in [0.05, 0.1) is 43.9 Å². The molecule has 0 saturated carbocycles. The van der Waals surface area contributed by atoms with Gasteiger partial charge in [0.25, 0.3) is 5.91 Å². The lowest BCUT2D eigenvalue weighted by Gasteiger charge is -2.31. The van der Waals surface area contributed by atoms with E-state index in [1.165, 1.54) is 18.4 Å². The SMILES string of the molecule is COC(=O)c1[nH]c2cccc(OC)c2c1NC(=O)C[NH+]1C[C@@H](C)C[C@H](C)C1. The van der Waals surface area contributed by atoms with Gasteiger partial charge in [-0.25, -0.2) is 4.79 Å². The number of hydrogen-bond acceptors (Lipinski definition) is 4. The molecule has 1 saturated heterocycles. The Kier molecular flexibility index (Phi) is 5.70. The van der Waals surface area contributed by atoms with Crippen LogP contribution >= 0.6 is 0 Å². The highest BCUT2D eigenvalue weighted by Gasteiger charge is 2.28. The van der Waals surface area contributed by atoms with Crippen molar-refractivity contribution in [2.24, 2.45) is 11.8 Å². The highest BCUT2D eigenvalue weighted by molar-refractivity contribution is 6.13. The molecule has 1 amide bonds. The molecule has 3 N–H and O–H groups in total. The Morgan fingerprint density at radius 2 is 1.93 bits per heavy atom. The molecule has 1 fully saturated rings. The van der Waals surface area contributed by atoms with Gasteiger partial charge in [0.1, 0.15) is 11.4 Å². The van der Waals surface area contributed by atoms with Crippen LogP contribution < -0.4 is 15.0 Å². The van der Waals surface area contributed by atoms with E-state index in [1.54, 1.807) is 13.2 Å². The fourth-order valence-electron chi connectivity index (χ4n) is 4.24.